The van der Waals surface area contributed by atoms with Crippen LogP contribution in [0.4, 0.5) is 0 Å². The second kappa shape index (κ2) is 15.2. The van der Waals surface area contributed by atoms with Crippen molar-refractivity contribution in [2.24, 2.45) is 5.92 Å². The quantitative estimate of drug-likeness (QED) is 0.0887. The summed E-state index contributed by atoms with van der Waals surface area (Å²) in [7, 11) is 1.63. The number of aryl methyl sites for hydroxylation is 2. The van der Waals surface area contributed by atoms with Crippen molar-refractivity contribution < 1.29 is 9.53 Å². The molecular formula is C36H43N7O2. The van der Waals surface area contributed by atoms with E-state index in [0.29, 0.717) is 31.8 Å². The number of nitrogens with one attached hydrogen (secondary N) is 6. The van der Waals surface area contributed by atoms with E-state index >= 15 is 0 Å². The van der Waals surface area contributed by atoms with E-state index in [4.69, 9.17) is 15.6 Å². The number of aromatic nitrogens is 2. The molecule has 234 valence electrons. The van der Waals surface area contributed by atoms with Gasteiger partial charge in [-0.25, -0.2) is 0 Å². The van der Waals surface area contributed by atoms with Crippen LogP contribution in [0.2, 0.25) is 0 Å². The third kappa shape index (κ3) is 8.19. The van der Waals surface area contributed by atoms with Crippen LogP contribution in [0.1, 0.15) is 36.0 Å². The number of rotatable bonds is 9. The summed E-state index contributed by atoms with van der Waals surface area (Å²) >= 11 is 0. The average molecular weight is 606 g/mol. The number of H-pyrrole nitrogens is 2. The first-order valence-corrected chi connectivity index (χ1v) is 15.5. The van der Waals surface area contributed by atoms with Crippen LogP contribution in [0.25, 0.3) is 21.8 Å². The molecule has 3 aromatic carbocycles. The van der Waals surface area contributed by atoms with Gasteiger partial charge in [0, 0.05) is 47.2 Å². The fraction of sp³-hybridized carbons (Fsp3) is 0.306. The molecular weight excluding hydrogens is 562 g/mol. The van der Waals surface area contributed by atoms with Gasteiger partial charge >= 0.3 is 0 Å². The molecule has 3 heterocycles. The zero-order chi connectivity index (χ0) is 31.6. The van der Waals surface area contributed by atoms with E-state index in [2.05, 4.69) is 51.8 Å². The van der Waals surface area contributed by atoms with Gasteiger partial charge in [0.15, 0.2) is 0 Å². The number of nitrogens with zero attached hydrogens (tertiary/aromatic N) is 1. The molecule has 1 amide bonds. The van der Waals surface area contributed by atoms with Gasteiger partial charge in [0.2, 0.25) is 5.91 Å². The zero-order valence-corrected chi connectivity index (χ0v) is 26.1. The van der Waals surface area contributed by atoms with Crippen molar-refractivity contribution >= 4 is 39.4 Å². The minimum absolute atomic E-state index is 0.0309. The normalized spacial score (nSPS) is 14.4. The van der Waals surface area contributed by atoms with Crippen molar-refractivity contribution in [1.29, 1.82) is 10.8 Å². The first kappa shape index (κ1) is 31.5. The Morgan fingerprint density at radius 1 is 0.933 bits per heavy atom. The molecule has 0 radical (unpaired) electrons. The molecule has 0 spiro atoms. The van der Waals surface area contributed by atoms with Gasteiger partial charge in [-0.2, -0.15) is 0 Å². The minimum atomic E-state index is -0.0621. The Balaban J connectivity index is 0.000000336. The van der Waals surface area contributed by atoms with Crippen LogP contribution in [0.5, 0.6) is 5.75 Å². The summed E-state index contributed by atoms with van der Waals surface area (Å²) in [4.78, 5) is 20.8. The van der Waals surface area contributed by atoms with Crippen LogP contribution in [0, 0.1) is 23.7 Å². The number of carbonyl (C=O) groups excluding carboxylic acids is 1. The summed E-state index contributed by atoms with van der Waals surface area (Å²) in [6.45, 7) is 4.22. The molecule has 9 heteroatoms. The number of hydrogen-bond donors (Lipinski definition) is 6. The van der Waals surface area contributed by atoms with E-state index in [0.717, 1.165) is 47.2 Å². The second-order valence-corrected chi connectivity index (χ2v) is 11.5. The van der Waals surface area contributed by atoms with E-state index < -0.39 is 0 Å². The molecule has 2 aromatic heterocycles. The molecule has 45 heavy (non-hydrogen) atoms. The number of fused-ring (bicyclic) bond motifs is 2. The summed E-state index contributed by atoms with van der Waals surface area (Å²) in [5.41, 5.74) is 5.74. The molecule has 1 aliphatic rings. The third-order valence-electron chi connectivity index (χ3n) is 8.35. The van der Waals surface area contributed by atoms with Crippen LogP contribution in [0.15, 0.2) is 85.2 Å². The maximum Gasteiger partial charge on any atom is 0.224 e. The highest BCUT2D eigenvalue weighted by Gasteiger charge is 2.22. The molecule has 5 aromatic rings. The Kier molecular flexibility index (Phi) is 10.7. The average Bonchev–Trinajstić information content (AvgIpc) is 3.69. The molecule has 0 aliphatic carbocycles. The number of hydrogen-bond acceptors (Lipinski definition) is 5. The minimum Gasteiger partial charge on any atom is -0.497 e. The van der Waals surface area contributed by atoms with Crippen molar-refractivity contribution in [2.45, 2.75) is 39.2 Å². The number of piperidine rings is 1. The van der Waals surface area contributed by atoms with Gasteiger partial charge in [-0.1, -0.05) is 48.5 Å². The number of amides is 1. The van der Waals surface area contributed by atoms with E-state index in [1.54, 1.807) is 12.0 Å². The van der Waals surface area contributed by atoms with Crippen molar-refractivity contribution in [2.75, 3.05) is 26.7 Å². The summed E-state index contributed by atoms with van der Waals surface area (Å²) in [6, 6.07) is 24.1. The van der Waals surface area contributed by atoms with E-state index in [9.17, 15) is 4.79 Å². The molecule has 0 saturated carbocycles. The third-order valence-corrected chi connectivity index (χ3v) is 8.35. The number of aromatic amines is 2. The van der Waals surface area contributed by atoms with Gasteiger partial charge in [0.05, 0.1) is 26.1 Å². The summed E-state index contributed by atoms with van der Waals surface area (Å²) in [5.74, 6) is 1.23. The number of ether oxygens (including phenoxy) is 1. The van der Waals surface area contributed by atoms with Crippen molar-refractivity contribution in [3.8, 4) is 5.75 Å². The molecule has 9 nitrogen and oxygen atoms in total. The molecule has 1 saturated heterocycles. The summed E-state index contributed by atoms with van der Waals surface area (Å²) in [5, 5.41) is 26.2. The molecule has 1 aliphatic heterocycles. The van der Waals surface area contributed by atoms with Gasteiger partial charge in [-0.3, -0.25) is 15.6 Å². The van der Waals surface area contributed by atoms with Crippen LogP contribution in [0.3, 0.4) is 0 Å². The Morgan fingerprint density at radius 2 is 1.62 bits per heavy atom. The Bertz CT molecular complexity index is 1730. The van der Waals surface area contributed by atoms with Crippen LogP contribution >= 0.6 is 0 Å². The largest absolute Gasteiger partial charge is 0.497 e. The summed E-state index contributed by atoms with van der Waals surface area (Å²) < 4.78 is 5.25. The van der Waals surface area contributed by atoms with Crippen LogP contribution in [-0.2, 0) is 17.8 Å². The molecule has 1 atom stereocenters. The highest BCUT2D eigenvalue weighted by atomic mass is 16.5. The smallest absolute Gasteiger partial charge is 0.224 e. The Morgan fingerprint density at radius 3 is 2.31 bits per heavy atom. The molecule has 6 rings (SSSR count). The molecule has 1 fully saturated rings. The van der Waals surface area contributed by atoms with Gasteiger partial charge in [-0.05, 0) is 73.7 Å². The highest BCUT2D eigenvalue weighted by molar-refractivity contribution is 6.00. The standard InChI is InChI=1S/C27H34N6O2.C9H9N/c1-35-22-11-8-19(9-12-22)18-33(26(29)17-32-27(34)21-5-4-14-30-15-21)25(28)13-10-20-16-31-24-7-3-2-6-23(20)24;1-7-6-10-9-5-3-2-4-8(7)9/h2-3,6-9,11-12,16,21,28-31H,4-5,10,13-15,17-18H2,1H3,(H,32,34);2-6,10H,1H3. The molecule has 6 N–H and O–H groups in total. The SMILES string of the molecule is COc1ccc(CN(C(=N)CCc2c[nH]c3ccccc23)C(=N)CNC(=O)C2CCCNC2)cc1.Cc1c[nH]c2ccccc12. The number of methoxy groups -OCH3 is 1. The van der Waals surface area contributed by atoms with Gasteiger partial charge < -0.3 is 30.2 Å². The summed E-state index contributed by atoms with van der Waals surface area (Å²) in [6.07, 6.45) is 7.05. The van der Waals surface area contributed by atoms with E-state index in [1.807, 2.05) is 60.9 Å². The van der Waals surface area contributed by atoms with Crippen molar-refractivity contribution in [3.05, 3.63) is 102 Å². The Labute approximate surface area is 264 Å². The monoisotopic (exact) mass is 605 g/mol. The van der Waals surface area contributed by atoms with Crippen LogP contribution in [-0.4, -0.2) is 59.2 Å². The second-order valence-electron chi connectivity index (χ2n) is 11.5. The number of para-hydroxylation sites is 2. The predicted molar refractivity (Wildman–Crippen MR) is 182 cm³/mol. The van der Waals surface area contributed by atoms with Crippen molar-refractivity contribution in [1.82, 2.24) is 25.5 Å². The van der Waals surface area contributed by atoms with Gasteiger partial charge in [-0.15, -0.1) is 0 Å². The molecule has 0 bridgehead atoms. The number of carbonyl (C=O) groups is 1. The van der Waals surface area contributed by atoms with Crippen LogP contribution < -0.4 is 15.4 Å². The topological polar surface area (TPSA) is 133 Å². The van der Waals surface area contributed by atoms with Gasteiger partial charge in [0.1, 0.15) is 17.4 Å². The van der Waals surface area contributed by atoms with E-state index in [1.165, 1.54) is 16.5 Å². The maximum atomic E-state index is 12.6. The lowest BCUT2D eigenvalue weighted by Crippen LogP contribution is -2.46. The lowest BCUT2D eigenvalue weighted by atomic mass is 9.99. The maximum absolute atomic E-state index is 12.6. The first-order valence-electron chi connectivity index (χ1n) is 15.5. The van der Waals surface area contributed by atoms with Crippen molar-refractivity contribution in [3.63, 3.8) is 0 Å². The first-order chi connectivity index (χ1) is 21.9. The number of amidine groups is 2. The zero-order valence-electron chi connectivity index (χ0n) is 26.1. The highest BCUT2D eigenvalue weighted by Crippen LogP contribution is 2.20. The fourth-order valence-corrected chi connectivity index (χ4v) is 5.70. The van der Waals surface area contributed by atoms with Gasteiger partial charge in [0.25, 0.3) is 0 Å². The molecule has 1 unspecified atom stereocenters. The lowest BCUT2D eigenvalue weighted by Gasteiger charge is -2.27. The lowest BCUT2D eigenvalue weighted by molar-refractivity contribution is -0.125. The fourth-order valence-electron chi connectivity index (χ4n) is 5.70. The van der Waals surface area contributed by atoms with E-state index in [-0.39, 0.29) is 24.2 Å². The predicted octanol–water partition coefficient (Wildman–Crippen LogP) is 6.16. The Hall–Kier alpha value is -4.89. The number of benzene rings is 3.